The summed E-state index contributed by atoms with van der Waals surface area (Å²) >= 11 is 0. The maximum atomic E-state index is 9.68. The summed E-state index contributed by atoms with van der Waals surface area (Å²) in [6.07, 6.45) is 0.311. The van der Waals surface area contributed by atoms with Crippen LogP contribution in [0.2, 0.25) is 0 Å². The number of benzene rings is 1. The highest BCUT2D eigenvalue weighted by Gasteiger charge is 2.10. The van der Waals surface area contributed by atoms with E-state index in [1.807, 2.05) is 26.8 Å². The van der Waals surface area contributed by atoms with Gasteiger partial charge in [0.1, 0.15) is 5.75 Å². The molecule has 2 nitrogen and oxygen atoms in total. The Labute approximate surface area is 85.2 Å². The van der Waals surface area contributed by atoms with Crippen molar-refractivity contribution < 1.29 is 10.2 Å². The smallest absolute Gasteiger partial charge is 0.121 e. The maximum absolute atomic E-state index is 9.68. The van der Waals surface area contributed by atoms with Gasteiger partial charge in [0.25, 0.3) is 0 Å². The molecule has 14 heavy (non-hydrogen) atoms. The van der Waals surface area contributed by atoms with Crippen molar-refractivity contribution in [2.75, 3.05) is 0 Å². The Morgan fingerprint density at radius 3 is 2.29 bits per heavy atom. The fourth-order valence-electron chi connectivity index (χ4n) is 1.68. The van der Waals surface area contributed by atoms with Gasteiger partial charge < -0.3 is 10.2 Å². The van der Waals surface area contributed by atoms with Crippen LogP contribution in [0.5, 0.6) is 5.75 Å². The van der Waals surface area contributed by atoms with Crippen LogP contribution in [0.25, 0.3) is 0 Å². The number of hydrogen-bond donors (Lipinski definition) is 2. The van der Waals surface area contributed by atoms with Crippen molar-refractivity contribution in [1.29, 1.82) is 0 Å². The second-order valence-corrected chi connectivity index (χ2v) is 4.00. The van der Waals surface area contributed by atoms with E-state index in [1.165, 1.54) is 0 Å². The van der Waals surface area contributed by atoms with Gasteiger partial charge >= 0.3 is 0 Å². The third-order valence-electron chi connectivity index (χ3n) is 2.68. The molecular formula is C12H18O2. The van der Waals surface area contributed by atoms with Crippen LogP contribution in [0.4, 0.5) is 0 Å². The lowest BCUT2D eigenvalue weighted by Gasteiger charge is -2.14. The number of phenolic OH excluding ortho intramolecular Hbond substituents is 1. The molecule has 0 radical (unpaired) electrons. The Hall–Kier alpha value is -1.02. The van der Waals surface area contributed by atoms with Gasteiger partial charge in [-0.3, -0.25) is 0 Å². The summed E-state index contributed by atoms with van der Waals surface area (Å²) in [6.45, 7) is 7.54. The van der Waals surface area contributed by atoms with Crippen LogP contribution in [0.1, 0.15) is 29.2 Å². The van der Waals surface area contributed by atoms with Crippen molar-refractivity contribution in [2.24, 2.45) is 0 Å². The van der Waals surface area contributed by atoms with Crippen LogP contribution in [-0.2, 0) is 6.42 Å². The molecule has 1 atom stereocenters. The van der Waals surface area contributed by atoms with E-state index in [4.69, 9.17) is 0 Å². The number of hydrogen-bond acceptors (Lipinski definition) is 2. The molecule has 0 bridgehead atoms. The number of rotatable bonds is 2. The first-order chi connectivity index (χ1) is 6.43. The molecule has 0 fully saturated rings. The fraction of sp³-hybridized carbons (Fsp3) is 0.500. The van der Waals surface area contributed by atoms with Gasteiger partial charge in [-0.05, 0) is 56.4 Å². The van der Waals surface area contributed by atoms with Crippen LogP contribution in [-0.4, -0.2) is 16.3 Å². The molecule has 0 saturated carbocycles. The van der Waals surface area contributed by atoms with Gasteiger partial charge in [-0.2, -0.15) is 0 Å². The van der Waals surface area contributed by atoms with Gasteiger partial charge in [0, 0.05) is 0 Å². The van der Waals surface area contributed by atoms with Crippen LogP contribution < -0.4 is 0 Å². The standard InChI is InChI=1S/C12H18O2/c1-7-5-11(6-8(2)13)9(3)10(4)12(7)14/h5,8,13-14H,6H2,1-4H3. The first-order valence-corrected chi connectivity index (χ1v) is 4.90. The zero-order chi connectivity index (χ0) is 10.9. The zero-order valence-corrected chi connectivity index (χ0v) is 9.26. The van der Waals surface area contributed by atoms with Gasteiger partial charge in [-0.15, -0.1) is 0 Å². The minimum absolute atomic E-state index is 0.336. The molecule has 1 aromatic rings. The van der Waals surface area contributed by atoms with Crippen molar-refractivity contribution in [1.82, 2.24) is 0 Å². The topological polar surface area (TPSA) is 40.5 Å². The molecule has 0 aliphatic heterocycles. The summed E-state index contributed by atoms with van der Waals surface area (Å²) < 4.78 is 0. The highest BCUT2D eigenvalue weighted by molar-refractivity contribution is 5.48. The molecule has 0 aliphatic carbocycles. The second-order valence-electron chi connectivity index (χ2n) is 4.00. The molecule has 1 aromatic carbocycles. The van der Waals surface area contributed by atoms with Gasteiger partial charge in [0.05, 0.1) is 6.10 Å². The van der Waals surface area contributed by atoms with E-state index in [1.54, 1.807) is 6.92 Å². The summed E-state index contributed by atoms with van der Waals surface area (Å²) in [4.78, 5) is 0. The maximum Gasteiger partial charge on any atom is 0.121 e. The summed E-state index contributed by atoms with van der Waals surface area (Å²) in [5, 5.41) is 19.0. The van der Waals surface area contributed by atoms with Gasteiger partial charge in [-0.25, -0.2) is 0 Å². The van der Waals surface area contributed by atoms with Crippen molar-refractivity contribution in [3.05, 3.63) is 28.3 Å². The monoisotopic (exact) mass is 194 g/mol. The molecule has 0 aliphatic rings. The molecule has 0 spiro atoms. The first-order valence-electron chi connectivity index (χ1n) is 4.90. The van der Waals surface area contributed by atoms with Gasteiger partial charge in [-0.1, -0.05) is 6.07 Å². The van der Waals surface area contributed by atoms with E-state index >= 15 is 0 Å². The Morgan fingerprint density at radius 1 is 1.21 bits per heavy atom. The van der Waals surface area contributed by atoms with Gasteiger partial charge in [0.2, 0.25) is 0 Å². The Kier molecular flexibility index (Phi) is 3.17. The lowest BCUT2D eigenvalue weighted by atomic mass is 9.95. The van der Waals surface area contributed by atoms with E-state index in [-0.39, 0.29) is 6.10 Å². The van der Waals surface area contributed by atoms with Crippen molar-refractivity contribution in [3.63, 3.8) is 0 Å². The number of aryl methyl sites for hydroxylation is 1. The van der Waals surface area contributed by atoms with Crippen LogP contribution in [0.15, 0.2) is 6.07 Å². The van der Waals surface area contributed by atoms with Crippen molar-refractivity contribution in [2.45, 2.75) is 40.2 Å². The van der Waals surface area contributed by atoms with Crippen LogP contribution in [0.3, 0.4) is 0 Å². The molecular weight excluding hydrogens is 176 g/mol. The summed E-state index contributed by atoms with van der Waals surface area (Å²) in [6, 6.07) is 1.95. The van der Waals surface area contributed by atoms with E-state index in [0.717, 1.165) is 22.3 Å². The number of aliphatic hydroxyl groups excluding tert-OH is 1. The van der Waals surface area contributed by atoms with Crippen LogP contribution >= 0.6 is 0 Å². The number of aliphatic hydroxyl groups is 1. The Morgan fingerprint density at radius 2 is 1.79 bits per heavy atom. The van der Waals surface area contributed by atoms with E-state index in [9.17, 15) is 10.2 Å². The quantitative estimate of drug-likeness (QED) is 0.758. The average Bonchev–Trinajstić information content (AvgIpc) is 2.10. The molecule has 0 saturated heterocycles. The number of phenols is 1. The molecule has 0 amide bonds. The normalized spacial score (nSPS) is 12.9. The van der Waals surface area contributed by atoms with E-state index in [0.29, 0.717) is 12.2 Å². The minimum atomic E-state index is -0.336. The van der Waals surface area contributed by atoms with Crippen LogP contribution in [0, 0.1) is 20.8 Å². The molecule has 78 valence electrons. The Bertz CT molecular complexity index is 341. The lowest BCUT2D eigenvalue weighted by molar-refractivity contribution is 0.195. The van der Waals surface area contributed by atoms with Gasteiger partial charge in [0.15, 0.2) is 0 Å². The van der Waals surface area contributed by atoms with E-state index < -0.39 is 0 Å². The SMILES string of the molecule is Cc1cc(CC(C)O)c(C)c(C)c1O. The molecule has 0 heterocycles. The van der Waals surface area contributed by atoms with Crippen molar-refractivity contribution in [3.8, 4) is 5.75 Å². The molecule has 1 rings (SSSR count). The zero-order valence-electron chi connectivity index (χ0n) is 9.26. The largest absolute Gasteiger partial charge is 0.507 e. The molecule has 0 aromatic heterocycles. The van der Waals surface area contributed by atoms with Crippen molar-refractivity contribution >= 4 is 0 Å². The third kappa shape index (κ3) is 2.07. The van der Waals surface area contributed by atoms with E-state index in [2.05, 4.69) is 0 Å². The summed E-state index contributed by atoms with van der Waals surface area (Å²) in [7, 11) is 0. The predicted molar refractivity (Wildman–Crippen MR) is 57.7 cm³/mol. The third-order valence-corrected chi connectivity index (χ3v) is 2.68. The fourth-order valence-corrected chi connectivity index (χ4v) is 1.68. The minimum Gasteiger partial charge on any atom is -0.507 e. The first kappa shape index (κ1) is 11.1. The predicted octanol–water partition coefficient (Wildman–Crippen LogP) is 2.24. The lowest BCUT2D eigenvalue weighted by Crippen LogP contribution is -2.07. The summed E-state index contributed by atoms with van der Waals surface area (Å²) in [5.41, 5.74) is 3.99. The molecule has 1 unspecified atom stereocenters. The average molecular weight is 194 g/mol. The second kappa shape index (κ2) is 4.01. The molecule has 2 N–H and O–H groups in total. The summed E-state index contributed by atoms with van der Waals surface area (Å²) in [5.74, 6) is 0.372. The highest BCUT2D eigenvalue weighted by atomic mass is 16.3. The molecule has 2 heteroatoms. The highest BCUT2D eigenvalue weighted by Crippen LogP contribution is 2.27. The number of aromatic hydroxyl groups is 1. The Balaban J connectivity index is 3.19.